The lowest BCUT2D eigenvalue weighted by molar-refractivity contribution is 0.143. The second kappa shape index (κ2) is 8.06. The first-order valence-electron chi connectivity index (χ1n) is 7.36. The van der Waals surface area contributed by atoms with Crippen molar-refractivity contribution in [3.05, 3.63) is 48.0 Å². The molecule has 0 aliphatic carbocycles. The molecule has 0 fully saturated rings. The third-order valence-corrected chi connectivity index (χ3v) is 4.72. The standard InChI is InChI=1S/C17H22N2O2S/c1-3-10-22-19(17(18)20)16(12-21-2)15-9-8-13-6-4-5-7-14(13)11-15/h4-9,11,16H,3,10,12H2,1-2H3,(H2,18,20). The molecule has 4 nitrogen and oxygen atoms in total. The fraction of sp³-hybridized carbons (Fsp3) is 0.353. The van der Waals surface area contributed by atoms with Crippen LogP contribution in [0.15, 0.2) is 42.5 Å². The number of urea groups is 1. The molecule has 0 aliphatic heterocycles. The molecule has 0 saturated heterocycles. The smallest absolute Gasteiger partial charge is 0.325 e. The van der Waals surface area contributed by atoms with Gasteiger partial charge in [0, 0.05) is 12.9 Å². The molecule has 5 heteroatoms. The number of primary amides is 1. The maximum atomic E-state index is 11.8. The zero-order valence-corrected chi connectivity index (χ0v) is 13.8. The molecule has 0 saturated carbocycles. The molecule has 0 bridgehead atoms. The average molecular weight is 318 g/mol. The largest absolute Gasteiger partial charge is 0.382 e. The van der Waals surface area contributed by atoms with E-state index < -0.39 is 6.03 Å². The van der Waals surface area contributed by atoms with E-state index in [9.17, 15) is 4.79 Å². The Morgan fingerprint density at radius 3 is 2.64 bits per heavy atom. The summed E-state index contributed by atoms with van der Waals surface area (Å²) >= 11 is 1.46. The summed E-state index contributed by atoms with van der Waals surface area (Å²) in [6, 6.07) is 13.7. The fourth-order valence-electron chi connectivity index (χ4n) is 2.37. The van der Waals surface area contributed by atoms with Crippen molar-refractivity contribution >= 4 is 28.8 Å². The van der Waals surface area contributed by atoms with Gasteiger partial charge in [-0.2, -0.15) is 0 Å². The predicted molar refractivity (Wildman–Crippen MR) is 92.7 cm³/mol. The summed E-state index contributed by atoms with van der Waals surface area (Å²) < 4.78 is 6.94. The lowest BCUT2D eigenvalue weighted by Gasteiger charge is -2.29. The van der Waals surface area contributed by atoms with Gasteiger partial charge in [0.15, 0.2) is 0 Å². The lowest BCUT2D eigenvalue weighted by atomic mass is 10.0. The van der Waals surface area contributed by atoms with Crippen LogP contribution in [0, 0.1) is 0 Å². The minimum atomic E-state index is -0.436. The van der Waals surface area contributed by atoms with Crippen molar-refractivity contribution in [3.63, 3.8) is 0 Å². The predicted octanol–water partition coefficient (Wildman–Crippen LogP) is 3.97. The van der Waals surface area contributed by atoms with Crippen LogP contribution in [0.4, 0.5) is 4.79 Å². The number of carbonyl (C=O) groups is 1. The number of carbonyl (C=O) groups excluding carboxylic acids is 1. The van der Waals surface area contributed by atoms with E-state index in [1.165, 1.54) is 17.3 Å². The first kappa shape index (κ1) is 16.6. The van der Waals surface area contributed by atoms with Crippen molar-refractivity contribution in [2.75, 3.05) is 19.5 Å². The Bertz CT molecular complexity index is 633. The molecule has 0 radical (unpaired) electrons. The normalized spacial score (nSPS) is 12.3. The van der Waals surface area contributed by atoms with Gasteiger partial charge in [0.2, 0.25) is 0 Å². The molecule has 0 aromatic heterocycles. The van der Waals surface area contributed by atoms with Gasteiger partial charge in [0.1, 0.15) is 0 Å². The summed E-state index contributed by atoms with van der Waals surface area (Å²) in [5, 5.41) is 2.32. The number of methoxy groups -OCH3 is 1. The molecule has 2 rings (SSSR count). The van der Waals surface area contributed by atoms with E-state index in [-0.39, 0.29) is 6.04 Å². The topological polar surface area (TPSA) is 55.6 Å². The molecule has 2 N–H and O–H groups in total. The van der Waals surface area contributed by atoms with Crippen molar-refractivity contribution in [3.8, 4) is 0 Å². The molecule has 22 heavy (non-hydrogen) atoms. The number of fused-ring (bicyclic) bond motifs is 1. The molecular weight excluding hydrogens is 296 g/mol. The lowest BCUT2D eigenvalue weighted by Crippen LogP contribution is -2.36. The average Bonchev–Trinajstić information content (AvgIpc) is 2.53. The summed E-state index contributed by atoms with van der Waals surface area (Å²) in [7, 11) is 1.64. The second-order valence-corrected chi connectivity index (χ2v) is 6.13. The van der Waals surface area contributed by atoms with Gasteiger partial charge in [-0.25, -0.2) is 4.79 Å². The van der Waals surface area contributed by atoms with E-state index in [4.69, 9.17) is 10.5 Å². The maximum absolute atomic E-state index is 11.8. The van der Waals surface area contributed by atoms with Gasteiger partial charge in [-0.3, -0.25) is 4.31 Å². The number of amides is 2. The van der Waals surface area contributed by atoms with Crippen molar-refractivity contribution in [2.24, 2.45) is 5.73 Å². The van der Waals surface area contributed by atoms with Crippen LogP contribution >= 0.6 is 11.9 Å². The number of rotatable bonds is 7. The molecule has 2 aromatic rings. The second-order valence-electron chi connectivity index (χ2n) is 5.07. The minimum Gasteiger partial charge on any atom is -0.382 e. The van der Waals surface area contributed by atoms with Crippen molar-refractivity contribution in [2.45, 2.75) is 19.4 Å². The third-order valence-electron chi connectivity index (χ3n) is 3.42. The molecule has 0 spiro atoms. The highest BCUT2D eigenvalue weighted by Crippen LogP contribution is 2.30. The van der Waals surface area contributed by atoms with Crippen LogP contribution < -0.4 is 5.73 Å². The minimum absolute atomic E-state index is 0.191. The molecule has 0 heterocycles. The quantitative estimate of drug-likeness (QED) is 0.786. The van der Waals surface area contributed by atoms with Crippen molar-refractivity contribution in [1.82, 2.24) is 4.31 Å². The van der Waals surface area contributed by atoms with Gasteiger partial charge >= 0.3 is 6.03 Å². The molecule has 1 unspecified atom stereocenters. The Kier molecular flexibility index (Phi) is 6.10. The summed E-state index contributed by atoms with van der Waals surface area (Å²) in [6.45, 7) is 2.49. The molecular formula is C17H22N2O2S. The number of hydrogen-bond donors (Lipinski definition) is 1. The van der Waals surface area contributed by atoms with Gasteiger partial charge in [-0.1, -0.05) is 43.3 Å². The molecule has 0 aliphatic rings. The van der Waals surface area contributed by atoms with Crippen LogP contribution in [0.5, 0.6) is 0 Å². The number of ether oxygens (including phenoxy) is 1. The van der Waals surface area contributed by atoms with Crippen LogP contribution in [0.25, 0.3) is 10.8 Å². The SMILES string of the molecule is CCCSN(C(N)=O)C(COC)c1ccc2ccccc2c1. The Balaban J connectivity index is 2.36. The monoisotopic (exact) mass is 318 g/mol. The summed E-state index contributed by atoms with van der Waals surface area (Å²) in [5.41, 5.74) is 6.60. The van der Waals surface area contributed by atoms with E-state index in [0.717, 1.165) is 23.1 Å². The summed E-state index contributed by atoms with van der Waals surface area (Å²) in [6.07, 6.45) is 0.978. The Labute approximate surface area is 135 Å². The van der Waals surface area contributed by atoms with Crippen LogP contribution in [0.3, 0.4) is 0 Å². The highest BCUT2D eigenvalue weighted by atomic mass is 32.2. The van der Waals surface area contributed by atoms with Gasteiger partial charge in [-0.15, -0.1) is 0 Å². The first-order valence-corrected chi connectivity index (χ1v) is 8.30. The Hall–Kier alpha value is -1.72. The summed E-state index contributed by atoms with van der Waals surface area (Å²) in [5.74, 6) is 0.844. The van der Waals surface area contributed by atoms with E-state index in [0.29, 0.717) is 6.61 Å². The van der Waals surface area contributed by atoms with Gasteiger partial charge in [0.25, 0.3) is 0 Å². The molecule has 118 valence electrons. The van der Waals surface area contributed by atoms with E-state index in [2.05, 4.69) is 31.2 Å². The maximum Gasteiger partial charge on any atom is 0.325 e. The van der Waals surface area contributed by atoms with E-state index in [1.54, 1.807) is 11.4 Å². The van der Waals surface area contributed by atoms with Crippen LogP contribution in [-0.2, 0) is 4.74 Å². The van der Waals surface area contributed by atoms with Crippen LogP contribution in [-0.4, -0.2) is 29.8 Å². The molecule has 2 amide bonds. The Morgan fingerprint density at radius 2 is 2.00 bits per heavy atom. The van der Waals surface area contributed by atoms with E-state index >= 15 is 0 Å². The number of hydrogen-bond acceptors (Lipinski definition) is 3. The van der Waals surface area contributed by atoms with Gasteiger partial charge in [0.05, 0.1) is 12.6 Å². The van der Waals surface area contributed by atoms with Gasteiger partial charge < -0.3 is 10.5 Å². The zero-order chi connectivity index (χ0) is 15.9. The highest BCUT2D eigenvalue weighted by Gasteiger charge is 2.24. The molecule has 2 aromatic carbocycles. The first-order chi connectivity index (χ1) is 10.7. The Morgan fingerprint density at radius 1 is 1.27 bits per heavy atom. The third kappa shape index (κ3) is 3.93. The van der Waals surface area contributed by atoms with Crippen LogP contribution in [0.1, 0.15) is 24.9 Å². The van der Waals surface area contributed by atoms with Gasteiger partial charge in [-0.05, 0) is 40.8 Å². The zero-order valence-electron chi connectivity index (χ0n) is 13.0. The fourth-order valence-corrected chi connectivity index (χ4v) is 3.24. The molecule has 1 atom stereocenters. The van der Waals surface area contributed by atoms with Crippen LogP contribution in [0.2, 0.25) is 0 Å². The number of nitrogens with zero attached hydrogens (tertiary/aromatic N) is 1. The van der Waals surface area contributed by atoms with Crippen molar-refractivity contribution < 1.29 is 9.53 Å². The number of nitrogens with two attached hydrogens (primary N) is 1. The number of benzene rings is 2. The van der Waals surface area contributed by atoms with E-state index in [1.807, 2.05) is 18.2 Å². The highest BCUT2D eigenvalue weighted by molar-refractivity contribution is 7.97. The van der Waals surface area contributed by atoms with Crippen molar-refractivity contribution in [1.29, 1.82) is 0 Å². The summed E-state index contributed by atoms with van der Waals surface area (Å²) in [4.78, 5) is 11.8.